The number of hydrogen-bond donors (Lipinski definition) is 3. The highest BCUT2D eigenvalue weighted by Gasteiger charge is 2.19. The molecule has 0 radical (unpaired) electrons. The summed E-state index contributed by atoms with van der Waals surface area (Å²) < 4.78 is 0. The molecule has 0 aliphatic heterocycles. The Hall–Kier alpha value is -2.41. The molecule has 0 bridgehead atoms. The van der Waals surface area contributed by atoms with Gasteiger partial charge in [-0.05, 0) is 6.07 Å². The minimum Gasteiger partial charge on any atom is -0.480 e. The molecule has 4 N–H and O–H groups in total. The van der Waals surface area contributed by atoms with Crippen molar-refractivity contribution in [2.45, 2.75) is 6.04 Å². The minimum atomic E-state index is -1.20. The summed E-state index contributed by atoms with van der Waals surface area (Å²) in [7, 11) is 0. The van der Waals surface area contributed by atoms with Crippen LogP contribution in [0, 0.1) is 10.1 Å². The van der Waals surface area contributed by atoms with Crippen molar-refractivity contribution in [1.29, 1.82) is 0 Å². The molecule has 0 aliphatic carbocycles. The van der Waals surface area contributed by atoms with Crippen LogP contribution in [0.15, 0.2) is 24.4 Å². The topological polar surface area (TPSA) is 122 Å². The highest BCUT2D eigenvalue weighted by atomic mass is 16.6. The van der Waals surface area contributed by atoms with E-state index in [4.69, 9.17) is 10.8 Å². The Balaban J connectivity index is 2.61. The van der Waals surface area contributed by atoms with E-state index in [2.05, 4.69) is 4.98 Å². The standard InChI is InChI=1S/C10H9N3O4/c11-9(10(14)15)7-4-12-8-2-1-5(13(16)17)3-6(7)8/h1-4,9,12H,11H2,(H,14,15). The fourth-order valence-corrected chi connectivity index (χ4v) is 1.63. The van der Waals surface area contributed by atoms with E-state index < -0.39 is 16.9 Å². The number of carboxylic acids is 1. The fraction of sp³-hybridized carbons (Fsp3) is 0.100. The highest BCUT2D eigenvalue weighted by molar-refractivity contribution is 5.90. The maximum Gasteiger partial charge on any atom is 0.325 e. The molecule has 2 rings (SSSR count). The van der Waals surface area contributed by atoms with Crippen LogP contribution in [-0.2, 0) is 4.79 Å². The maximum absolute atomic E-state index is 10.8. The van der Waals surface area contributed by atoms with E-state index >= 15 is 0 Å². The first-order chi connectivity index (χ1) is 8.00. The third-order valence-corrected chi connectivity index (χ3v) is 2.51. The number of carbonyl (C=O) groups is 1. The number of non-ortho nitro benzene ring substituents is 1. The van der Waals surface area contributed by atoms with Gasteiger partial charge in [-0.25, -0.2) is 0 Å². The Morgan fingerprint density at radius 3 is 2.82 bits per heavy atom. The zero-order valence-electron chi connectivity index (χ0n) is 8.58. The van der Waals surface area contributed by atoms with Crippen LogP contribution in [0.1, 0.15) is 11.6 Å². The van der Waals surface area contributed by atoms with E-state index in [1.807, 2.05) is 0 Å². The second-order valence-corrected chi connectivity index (χ2v) is 3.55. The average Bonchev–Trinajstić information content (AvgIpc) is 2.70. The number of aromatic amines is 1. The lowest BCUT2D eigenvalue weighted by Gasteiger charge is -2.03. The van der Waals surface area contributed by atoms with Crippen molar-refractivity contribution >= 4 is 22.6 Å². The molecule has 0 fully saturated rings. The predicted octanol–water partition coefficient (Wildman–Crippen LogP) is 1.16. The molecule has 88 valence electrons. The van der Waals surface area contributed by atoms with Crippen LogP contribution < -0.4 is 5.73 Å². The molecule has 1 aromatic heterocycles. The third-order valence-electron chi connectivity index (χ3n) is 2.51. The van der Waals surface area contributed by atoms with Gasteiger partial charge in [0.2, 0.25) is 0 Å². The quantitative estimate of drug-likeness (QED) is 0.544. The smallest absolute Gasteiger partial charge is 0.325 e. The van der Waals surface area contributed by atoms with Crippen LogP contribution in [0.2, 0.25) is 0 Å². The number of aliphatic carboxylic acids is 1. The third kappa shape index (κ3) is 1.83. The van der Waals surface area contributed by atoms with Gasteiger partial charge in [-0.3, -0.25) is 14.9 Å². The van der Waals surface area contributed by atoms with Gasteiger partial charge in [0.05, 0.1) is 4.92 Å². The van der Waals surface area contributed by atoms with Crippen LogP contribution in [0.25, 0.3) is 10.9 Å². The number of nitro benzene ring substituents is 1. The van der Waals surface area contributed by atoms with Crippen LogP contribution in [0.5, 0.6) is 0 Å². The molecule has 1 aromatic carbocycles. The lowest BCUT2D eigenvalue weighted by atomic mass is 10.1. The molecule has 1 heterocycles. The molecule has 1 atom stereocenters. The molecule has 7 heteroatoms. The lowest BCUT2D eigenvalue weighted by Crippen LogP contribution is -2.20. The number of carboxylic acid groups (broad SMARTS) is 1. The van der Waals surface area contributed by atoms with E-state index in [1.54, 1.807) is 0 Å². The van der Waals surface area contributed by atoms with Gasteiger partial charge in [0.15, 0.2) is 0 Å². The van der Waals surface area contributed by atoms with Gasteiger partial charge in [0, 0.05) is 34.8 Å². The van der Waals surface area contributed by atoms with E-state index in [1.165, 1.54) is 24.4 Å². The fourth-order valence-electron chi connectivity index (χ4n) is 1.63. The summed E-state index contributed by atoms with van der Waals surface area (Å²) in [4.78, 5) is 23.7. The van der Waals surface area contributed by atoms with Crippen molar-refractivity contribution in [1.82, 2.24) is 4.98 Å². The maximum atomic E-state index is 10.8. The monoisotopic (exact) mass is 235 g/mol. The SMILES string of the molecule is NC(C(=O)O)c1c[nH]c2ccc([N+](=O)[O-])cc12. The average molecular weight is 235 g/mol. The first-order valence-corrected chi connectivity index (χ1v) is 4.74. The first kappa shape index (κ1) is 11.1. The Labute approximate surface area is 95.0 Å². The Morgan fingerprint density at radius 2 is 2.24 bits per heavy atom. The van der Waals surface area contributed by atoms with Crippen molar-refractivity contribution < 1.29 is 14.8 Å². The molecule has 0 saturated carbocycles. The Bertz CT molecular complexity index is 605. The van der Waals surface area contributed by atoms with Crippen molar-refractivity contribution in [2.24, 2.45) is 5.73 Å². The molecule has 1 unspecified atom stereocenters. The van der Waals surface area contributed by atoms with Gasteiger partial charge >= 0.3 is 5.97 Å². The zero-order valence-corrected chi connectivity index (χ0v) is 8.58. The normalized spacial score (nSPS) is 12.5. The summed E-state index contributed by atoms with van der Waals surface area (Å²) >= 11 is 0. The summed E-state index contributed by atoms with van der Waals surface area (Å²) in [6.07, 6.45) is 1.45. The molecule has 0 spiro atoms. The summed E-state index contributed by atoms with van der Waals surface area (Å²) in [6.45, 7) is 0. The van der Waals surface area contributed by atoms with Crippen molar-refractivity contribution in [3.8, 4) is 0 Å². The van der Waals surface area contributed by atoms with Crippen molar-refractivity contribution in [3.63, 3.8) is 0 Å². The largest absolute Gasteiger partial charge is 0.480 e. The molecule has 0 saturated heterocycles. The lowest BCUT2D eigenvalue weighted by molar-refractivity contribution is -0.384. The number of nitrogens with zero attached hydrogens (tertiary/aromatic N) is 1. The summed E-state index contributed by atoms with van der Waals surface area (Å²) in [6, 6.07) is 2.97. The van der Waals surface area contributed by atoms with Gasteiger partial charge in [-0.2, -0.15) is 0 Å². The summed E-state index contributed by atoms with van der Waals surface area (Å²) in [5.74, 6) is -1.18. The van der Waals surface area contributed by atoms with Crippen LogP contribution in [-0.4, -0.2) is 21.0 Å². The van der Waals surface area contributed by atoms with E-state index in [0.717, 1.165) is 0 Å². The number of fused-ring (bicyclic) bond motifs is 1. The van der Waals surface area contributed by atoms with Gasteiger partial charge < -0.3 is 15.8 Å². The minimum absolute atomic E-state index is 0.101. The molecular formula is C10H9N3O4. The Morgan fingerprint density at radius 1 is 1.53 bits per heavy atom. The van der Waals surface area contributed by atoms with Crippen LogP contribution in [0.4, 0.5) is 5.69 Å². The van der Waals surface area contributed by atoms with E-state index in [0.29, 0.717) is 16.5 Å². The number of nitrogens with two attached hydrogens (primary N) is 1. The second kappa shape index (κ2) is 3.87. The summed E-state index contributed by atoms with van der Waals surface area (Å²) in [5.41, 5.74) is 6.33. The number of aromatic nitrogens is 1. The first-order valence-electron chi connectivity index (χ1n) is 4.74. The van der Waals surface area contributed by atoms with Gasteiger partial charge in [0.1, 0.15) is 6.04 Å². The van der Waals surface area contributed by atoms with Gasteiger partial charge in [-0.15, -0.1) is 0 Å². The number of nitro groups is 1. The van der Waals surface area contributed by atoms with Gasteiger partial charge in [0.25, 0.3) is 5.69 Å². The molecule has 17 heavy (non-hydrogen) atoms. The predicted molar refractivity (Wildman–Crippen MR) is 59.5 cm³/mol. The van der Waals surface area contributed by atoms with E-state index in [9.17, 15) is 14.9 Å². The second-order valence-electron chi connectivity index (χ2n) is 3.55. The Kier molecular flexibility index (Phi) is 2.52. The molecule has 0 amide bonds. The molecule has 0 aliphatic rings. The molecule has 2 aromatic rings. The molecule has 7 nitrogen and oxygen atoms in total. The number of H-pyrrole nitrogens is 1. The van der Waals surface area contributed by atoms with Gasteiger partial charge in [-0.1, -0.05) is 0 Å². The number of hydrogen-bond acceptors (Lipinski definition) is 4. The van der Waals surface area contributed by atoms with Crippen molar-refractivity contribution in [2.75, 3.05) is 0 Å². The molecular weight excluding hydrogens is 226 g/mol. The van der Waals surface area contributed by atoms with Crippen molar-refractivity contribution in [3.05, 3.63) is 40.1 Å². The number of nitrogens with one attached hydrogen (secondary N) is 1. The zero-order chi connectivity index (χ0) is 12.6. The van der Waals surface area contributed by atoms with E-state index in [-0.39, 0.29) is 5.69 Å². The number of rotatable bonds is 3. The summed E-state index contributed by atoms with van der Waals surface area (Å²) in [5, 5.41) is 19.9. The number of benzene rings is 1. The highest BCUT2D eigenvalue weighted by Crippen LogP contribution is 2.26. The van der Waals surface area contributed by atoms with Crippen LogP contribution >= 0.6 is 0 Å². The van der Waals surface area contributed by atoms with Crippen LogP contribution in [0.3, 0.4) is 0 Å².